The van der Waals surface area contributed by atoms with Gasteiger partial charge in [-0.15, -0.1) is 11.3 Å². The van der Waals surface area contributed by atoms with Gasteiger partial charge in [-0.25, -0.2) is 9.63 Å². The van der Waals surface area contributed by atoms with E-state index in [0.29, 0.717) is 21.8 Å². The molecular weight excluding hydrogens is 432 g/mol. The zero-order chi connectivity index (χ0) is 22.6. The van der Waals surface area contributed by atoms with Gasteiger partial charge in [-0.2, -0.15) is 13.5 Å². The van der Waals surface area contributed by atoms with Gasteiger partial charge in [0.15, 0.2) is 0 Å². The van der Waals surface area contributed by atoms with Gasteiger partial charge in [-0.05, 0) is 70.8 Å². The summed E-state index contributed by atoms with van der Waals surface area (Å²) in [6.07, 6.45) is 1.39. The lowest BCUT2D eigenvalue weighted by atomic mass is 9.87. The van der Waals surface area contributed by atoms with Crippen molar-refractivity contribution in [2.45, 2.75) is 38.0 Å². The number of thiophene rings is 1. The molecule has 0 bridgehead atoms. The molecule has 162 valence electrons. The quantitative estimate of drug-likeness (QED) is 0.248. The first-order valence-corrected chi connectivity index (χ1v) is 11.9. The smallest absolute Gasteiger partial charge is 0.353 e. The summed E-state index contributed by atoms with van der Waals surface area (Å²) >= 11 is 1.31. The van der Waals surface area contributed by atoms with Gasteiger partial charge in [0.25, 0.3) is 10.0 Å². The third kappa shape index (κ3) is 5.80. The Labute approximate surface area is 186 Å². The number of rotatable bonds is 6. The standard InChI is InChI=1S/C23H24N2O4S2/c1-16-7-10-18(23(2,3)4)14-21(16)31(27,28)25-24-15-17-8-11-19(12-9-17)29-22(26)20-6-5-13-30-20/h5-15,25H,1-4H3/b24-15+. The molecule has 0 atom stereocenters. The van der Waals surface area contributed by atoms with E-state index >= 15 is 0 Å². The molecule has 0 radical (unpaired) electrons. The van der Waals surface area contributed by atoms with E-state index in [9.17, 15) is 13.2 Å². The molecule has 0 fully saturated rings. The molecule has 0 aliphatic carbocycles. The topological polar surface area (TPSA) is 84.8 Å². The summed E-state index contributed by atoms with van der Waals surface area (Å²) in [4.78, 5) is 15.0. The van der Waals surface area contributed by atoms with Crippen molar-refractivity contribution >= 4 is 33.5 Å². The minimum Gasteiger partial charge on any atom is -0.422 e. The Balaban J connectivity index is 1.68. The fourth-order valence-corrected chi connectivity index (χ4v) is 4.41. The predicted octanol–water partition coefficient (Wildman–Crippen LogP) is 4.89. The second-order valence-electron chi connectivity index (χ2n) is 8.02. The minimum atomic E-state index is -3.81. The van der Waals surface area contributed by atoms with Gasteiger partial charge in [0.1, 0.15) is 10.6 Å². The molecule has 0 unspecified atom stereocenters. The highest BCUT2D eigenvalue weighted by molar-refractivity contribution is 7.89. The predicted molar refractivity (Wildman–Crippen MR) is 124 cm³/mol. The summed E-state index contributed by atoms with van der Waals surface area (Å²) in [7, 11) is -3.81. The number of esters is 1. The van der Waals surface area contributed by atoms with E-state index in [1.165, 1.54) is 17.6 Å². The highest BCUT2D eigenvalue weighted by Crippen LogP contribution is 2.26. The first-order valence-electron chi connectivity index (χ1n) is 9.58. The first-order chi connectivity index (χ1) is 14.6. The van der Waals surface area contributed by atoms with Crippen molar-refractivity contribution in [1.82, 2.24) is 4.83 Å². The number of nitrogens with zero attached hydrogens (tertiary/aromatic N) is 1. The van der Waals surface area contributed by atoms with E-state index < -0.39 is 16.0 Å². The maximum atomic E-state index is 12.7. The van der Waals surface area contributed by atoms with Gasteiger partial charge in [0, 0.05) is 0 Å². The van der Waals surface area contributed by atoms with Crippen LogP contribution in [0, 0.1) is 6.92 Å². The number of carbonyl (C=O) groups is 1. The van der Waals surface area contributed by atoms with Crippen LogP contribution in [-0.4, -0.2) is 20.6 Å². The molecule has 0 amide bonds. The molecular formula is C23H24N2O4S2. The van der Waals surface area contributed by atoms with Crippen LogP contribution in [0.25, 0.3) is 0 Å². The van der Waals surface area contributed by atoms with Crippen LogP contribution in [-0.2, 0) is 15.4 Å². The highest BCUT2D eigenvalue weighted by Gasteiger charge is 2.21. The van der Waals surface area contributed by atoms with Crippen molar-refractivity contribution in [3.05, 3.63) is 81.5 Å². The molecule has 1 heterocycles. The van der Waals surface area contributed by atoms with E-state index in [2.05, 4.69) is 9.93 Å². The molecule has 31 heavy (non-hydrogen) atoms. The van der Waals surface area contributed by atoms with Crippen LogP contribution in [0.2, 0.25) is 0 Å². The molecule has 2 aromatic carbocycles. The normalized spacial score (nSPS) is 12.1. The molecule has 0 saturated carbocycles. The Kier molecular flexibility index (Phi) is 6.62. The number of benzene rings is 2. The number of aryl methyl sites for hydroxylation is 1. The highest BCUT2D eigenvalue weighted by atomic mass is 32.2. The maximum absolute atomic E-state index is 12.7. The van der Waals surface area contributed by atoms with E-state index in [1.54, 1.807) is 60.8 Å². The summed E-state index contributed by atoms with van der Waals surface area (Å²) < 4.78 is 30.8. The average Bonchev–Trinajstić information content (AvgIpc) is 3.23. The van der Waals surface area contributed by atoms with E-state index in [4.69, 9.17) is 4.74 Å². The van der Waals surface area contributed by atoms with Crippen molar-refractivity contribution in [1.29, 1.82) is 0 Å². The lowest BCUT2D eigenvalue weighted by Crippen LogP contribution is -2.21. The summed E-state index contributed by atoms with van der Waals surface area (Å²) in [6.45, 7) is 7.84. The first kappa shape index (κ1) is 22.7. The number of nitrogens with one attached hydrogen (secondary N) is 1. The van der Waals surface area contributed by atoms with Crippen LogP contribution in [0.4, 0.5) is 0 Å². The van der Waals surface area contributed by atoms with Crippen molar-refractivity contribution in [2.24, 2.45) is 5.10 Å². The number of carbonyl (C=O) groups excluding carboxylic acids is 1. The molecule has 1 N–H and O–H groups in total. The molecule has 0 saturated heterocycles. The van der Waals surface area contributed by atoms with E-state index in [0.717, 1.165) is 5.56 Å². The summed E-state index contributed by atoms with van der Waals surface area (Å²) in [6, 6.07) is 15.5. The molecule has 0 aliphatic rings. The van der Waals surface area contributed by atoms with Crippen molar-refractivity contribution in [2.75, 3.05) is 0 Å². The zero-order valence-corrected chi connectivity index (χ0v) is 19.4. The minimum absolute atomic E-state index is 0.171. The second-order valence-corrected chi connectivity index (χ2v) is 10.6. The lowest BCUT2D eigenvalue weighted by Gasteiger charge is -2.20. The Morgan fingerprint density at radius 2 is 1.81 bits per heavy atom. The maximum Gasteiger partial charge on any atom is 0.353 e. The lowest BCUT2D eigenvalue weighted by molar-refractivity contribution is 0.0740. The fourth-order valence-electron chi connectivity index (χ4n) is 2.75. The molecule has 8 heteroatoms. The molecule has 3 aromatic rings. The Hall–Kier alpha value is -2.97. The molecule has 1 aromatic heterocycles. The van der Waals surface area contributed by atoms with Crippen molar-refractivity contribution in [3.8, 4) is 5.75 Å². The number of hydrogen-bond donors (Lipinski definition) is 1. The second kappa shape index (κ2) is 9.03. The number of hydrogen-bond acceptors (Lipinski definition) is 6. The van der Waals surface area contributed by atoms with Gasteiger partial charge in [-0.3, -0.25) is 0 Å². The molecule has 0 spiro atoms. The van der Waals surface area contributed by atoms with Crippen LogP contribution < -0.4 is 9.57 Å². The SMILES string of the molecule is Cc1ccc(C(C)(C)C)cc1S(=O)(=O)N/N=C/c1ccc(OC(=O)c2cccs2)cc1. The summed E-state index contributed by atoms with van der Waals surface area (Å²) in [5.74, 6) is -0.0252. The molecule has 0 aliphatic heterocycles. The van der Waals surface area contributed by atoms with E-state index in [1.807, 2.05) is 26.8 Å². The van der Waals surface area contributed by atoms with E-state index in [-0.39, 0.29) is 10.3 Å². The molecule has 3 rings (SSSR count). The largest absolute Gasteiger partial charge is 0.422 e. The summed E-state index contributed by atoms with van der Waals surface area (Å²) in [5.41, 5.74) is 2.05. The van der Waals surface area contributed by atoms with Gasteiger partial charge in [0.2, 0.25) is 0 Å². The Morgan fingerprint density at radius 3 is 2.42 bits per heavy atom. The monoisotopic (exact) mass is 456 g/mol. The van der Waals surface area contributed by atoms with Crippen molar-refractivity contribution < 1.29 is 17.9 Å². The Bertz CT molecular complexity index is 1190. The average molecular weight is 457 g/mol. The number of sulfonamides is 1. The number of ether oxygens (including phenoxy) is 1. The van der Waals surface area contributed by atoms with Crippen LogP contribution in [0.3, 0.4) is 0 Å². The van der Waals surface area contributed by atoms with Gasteiger partial charge in [-0.1, -0.05) is 39.0 Å². The van der Waals surface area contributed by atoms with Crippen LogP contribution in [0.5, 0.6) is 5.75 Å². The third-order valence-corrected chi connectivity index (χ3v) is 6.76. The Morgan fingerprint density at radius 1 is 1.10 bits per heavy atom. The number of hydrazone groups is 1. The summed E-state index contributed by atoms with van der Waals surface area (Å²) in [5, 5.41) is 5.69. The van der Waals surface area contributed by atoms with Crippen LogP contribution in [0.1, 0.15) is 47.1 Å². The molecule has 6 nitrogen and oxygen atoms in total. The fraction of sp³-hybridized carbons (Fsp3) is 0.217. The van der Waals surface area contributed by atoms with Crippen LogP contribution >= 0.6 is 11.3 Å². The van der Waals surface area contributed by atoms with Crippen molar-refractivity contribution in [3.63, 3.8) is 0 Å². The van der Waals surface area contributed by atoms with Gasteiger partial charge in [0.05, 0.1) is 11.1 Å². The zero-order valence-electron chi connectivity index (χ0n) is 17.7. The van der Waals surface area contributed by atoms with Crippen LogP contribution in [0.15, 0.2) is 70.0 Å². The third-order valence-electron chi connectivity index (χ3n) is 4.54. The van der Waals surface area contributed by atoms with Gasteiger partial charge < -0.3 is 4.74 Å². The van der Waals surface area contributed by atoms with Gasteiger partial charge >= 0.3 is 5.97 Å².